The van der Waals surface area contributed by atoms with Crippen LogP contribution in [0.1, 0.15) is 43.1 Å². The van der Waals surface area contributed by atoms with Crippen molar-refractivity contribution in [2.45, 2.75) is 44.7 Å². The molecule has 0 unspecified atom stereocenters. The van der Waals surface area contributed by atoms with Crippen molar-refractivity contribution in [1.29, 1.82) is 0 Å². The molecule has 2 fully saturated rings. The number of hydrogen-bond donors (Lipinski definition) is 0. The Labute approximate surface area is 167 Å². The van der Waals surface area contributed by atoms with Crippen molar-refractivity contribution < 1.29 is 0 Å². The second-order valence-corrected chi connectivity index (χ2v) is 8.30. The molecule has 0 atom stereocenters. The summed E-state index contributed by atoms with van der Waals surface area (Å²) in [4.78, 5) is 26.7. The van der Waals surface area contributed by atoms with Gasteiger partial charge in [-0.2, -0.15) is 5.10 Å². The Kier molecular flexibility index (Phi) is 4.54. The van der Waals surface area contributed by atoms with E-state index in [1.165, 1.54) is 17.4 Å². The molecule has 9 heteroatoms. The summed E-state index contributed by atoms with van der Waals surface area (Å²) in [6.07, 6.45) is 7.97. The van der Waals surface area contributed by atoms with Crippen LogP contribution in [0.2, 0.25) is 0 Å². The van der Waals surface area contributed by atoms with E-state index in [2.05, 4.69) is 20.2 Å². The van der Waals surface area contributed by atoms with Crippen LogP contribution in [0.25, 0.3) is 5.65 Å². The number of likely N-dealkylation sites (tertiary alicyclic amines) is 1. The number of hydrogen-bond acceptors (Lipinski definition) is 6. The van der Waals surface area contributed by atoms with Crippen LogP contribution in [0.4, 0.5) is 0 Å². The molecule has 1 aliphatic carbocycles. The standard InChI is InChI=1S/C20H25N7O2/c1-24-10-11-26-17(21-22-19(26)20(24)29)13-25-8-6-14(7-9-25)12-27-18(28)5-4-16(23-27)15-2-3-15/h4-5,10-11,14-15H,2-3,6-9,12-13H2,1H3. The predicted octanol–water partition coefficient (Wildman–Crippen LogP) is 0.774. The van der Waals surface area contributed by atoms with Crippen molar-refractivity contribution >= 4 is 5.65 Å². The van der Waals surface area contributed by atoms with Gasteiger partial charge in [-0.05, 0) is 50.8 Å². The zero-order valence-electron chi connectivity index (χ0n) is 16.6. The van der Waals surface area contributed by atoms with E-state index in [4.69, 9.17) is 0 Å². The molecule has 5 rings (SSSR count). The van der Waals surface area contributed by atoms with E-state index in [9.17, 15) is 9.59 Å². The molecule has 0 aromatic carbocycles. The Morgan fingerprint density at radius 1 is 1.03 bits per heavy atom. The fourth-order valence-corrected chi connectivity index (χ4v) is 4.09. The van der Waals surface area contributed by atoms with Crippen LogP contribution in [0.15, 0.2) is 34.1 Å². The van der Waals surface area contributed by atoms with Crippen LogP contribution < -0.4 is 11.1 Å². The molecule has 4 heterocycles. The highest BCUT2D eigenvalue weighted by atomic mass is 16.1. The van der Waals surface area contributed by atoms with Crippen LogP contribution in [0.5, 0.6) is 0 Å². The summed E-state index contributed by atoms with van der Waals surface area (Å²) >= 11 is 0. The Bertz CT molecular complexity index is 1150. The van der Waals surface area contributed by atoms with E-state index in [1.54, 1.807) is 28.4 Å². The number of rotatable bonds is 5. The molecule has 0 spiro atoms. The third-order valence-corrected chi connectivity index (χ3v) is 6.10. The van der Waals surface area contributed by atoms with Crippen molar-refractivity contribution in [2.75, 3.05) is 13.1 Å². The van der Waals surface area contributed by atoms with Gasteiger partial charge in [0.1, 0.15) is 0 Å². The number of fused-ring (bicyclic) bond motifs is 1. The van der Waals surface area contributed by atoms with Gasteiger partial charge in [0.05, 0.1) is 12.2 Å². The van der Waals surface area contributed by atoms with Gasteiger partial charge in [0.15, 0.2) is 5.82 Å². The molecule has 0 amide bonds. The fraction of sp³-hybridized carbons (Fsp3) is 0.550. The largest absolute Gasteiger partial charge is 0.314 e. The van der Waals surface area contributed by atoms with E-state index in [1.807, 2.05) is 12.3 Å². The molecule has 1 saturated heterocycles. The molecule has 3 aromatic heterocycles. The lowest BCUT2D eigenvalue weighted by atomic mass is 9.97. The second kappa shape index (κ2) is 7.22. The minimum absolute atomic E-state index is 0.00617. The fourth-order valence-electron chi connectivity index (χ4n) is 4.09. The van der Waals surface area contributed by atoms with Crippen molar-refractivity contribution in [3.63, 3.8) is 0 Å². The smallest absolute Gasteiger partial charge is 0.295 e. The van der Waals surface area contributed by atoms with Crippen molar-refractivity contribution in [2.24, 2.45) is 13.0 Å². The first kappa shape index (κ1) is 18.2. The van der Waals surface area contributed by atoms with Gasteiger partial charge in [0.25, 0.3) is 11.1 Å². The summed E-state index contributed by atoms with van der Waals surface area (Å²) in [5, 5.41) is 12.9. The number of nitrogens with zero attached hydrogens (tertiary/aromatic N) is 7. The number of aryl methyl sites for hydroxylation is 1. The minimum atomic E-state index is -0.142. The summed E-state index contributed by atoms with van der Waals surface area (Å²) < 4.78 is 4.95. The molecule has 3 aromatic rings. The third kappa shape index (κ3) is 3.62. The zero-order chi connectivity index (χ0) is 20.0. The van der Waals surface area contributed by atoms with Crippen LogP contribution in [0, 0.1) is 5.92 Å². The molecule has 29 heavy (non-hydrogen) atoms. The Balaban J connectivity index is 1.22. The summed E-state index contributed by atoms with van der Waals surface area (Å²) in [5.74, 6) is 1.79. The molecule has 152 valence electrons. The average molecular weight is 395 g/mol. The molecule has 0 bridgehead atoms. The highest BCUT2D eigenvalue weighted by Crippen LogP contribution is 2.38. The highest BCUT2D eigenvalue weighted by molar-refractivity contribution is 5.34. The summed E-state index contributed by atoms with van der Waals surface area (Å²) in [7, 11) is 1.71. The maximum absolute atomic E-state index is 12.2. The molecule has 2 aliphatic rings. The quantitative estimate of drug-likeness (QED) is 0.634. The van der Waals surface area contributed by atoms with Crippen molar-refractivity contribution in [1.82, 2.24) is 33.8 Å². The van der Waals surface area contributed by atoms with Gasteiger partial charge in [-0.15, -0.1) is 10.2 Å². The van der Waals surface area contributed by atoms with Gasteiger partial charge in [0.2, 0.25) is 5.65 Å². The van der Waals surface area contributed by atoms with Crippen LogP contribution in [-0.2, 0) is 20.1 Å². The molecule has 1 saturated carbocycles. The summed E-state index contributed by atoms with van der Waals surface area (Å²) in [5.41, 5.74) is 1.28. The lowest BCUT2D eigenvalue weighted by Gasteiger charge is -2.31. The molecule has 9 nitrogen and oxygen atoms in total. The first-order valence-corrected chi connectivity index (χ1v) is 10.3. The van der Waals surface area contributed by atoms with Gasteiger partial charge >= 0.3 is 0 Å². The van der Waals surface area contributed by atoms with E-state index in [-0.39, 0.29) is 11.1 Å². The molecular weight excluding hydrogens is 370 g/mol. The topological polar surface area (TPSA) is 90.3 Å². The monoisotopic (exact) mass is 395 g/mol. The van der Waals surface area contributed by atoms with E-state index in [0.717, 1.165) is 37.4 Å². The average Bonchev–Trinajstić information content (AvgIpc) is 3.49. The normalized spacial score (nSPS) is 18.5. The predicted molar refractivity (Wildman–Crippen MR) is 107 cm³/mol. The Morgan fingerprint density at radius 3 is 2.59 bits per heavy atom. The SMILES string of the molecule is Cn1ccn2c(CN3CCC(Cn4nc(C5CC5)ccc4=O)CC3)nnc2c1=O. The van der Waals surface area contributed by atoms with Gasteiger partial charge in [-0.25, -0.2) is 4.68 Å². The van der Waals surface area contributed by atoms with Gasteiger partial charge in [0, 0.05) is 38.0 Å². The highest BCUT2D eigenvalue weighted by Gasteiger charge is 2.26. The van der Waals surface area contributed by atoms with Gasteiger partial charge in [-0.3, -0.25) is 18.9 Å². The van der Waals surface area contributed by atoms with Gasteiger partial charge < -0.3 is 4.57 Å². The Hall–Kier alpha value is -2.81. The van der Waals surface area contributed by atoms with E-state index in [0.29, 0.717) is 30.6 Å². The number of piperidine rings is 1. The Morgan fingerprint density at radius 2 is 1.83 bits per heavy atom. The van der Waals surface area contributed by atoms with Gasteiger partial charge in [-0.1, -0.05) is 0 Å². The van der Waals surface area contributed by atoms with Crippen LogP contribution in [0.3, 0.4) is 0 Å². The first-order chi connectivity index (χ1) is 14.1. The summed E-state index contributed by atoms with van der Waals surface area (Å²) in [6, 6.07) is 3.55. The van der Waals surface area contributed by atoms with Crippen molar-refractivity contribution in [3.05, 3.63) is 56.8 Å². The lowest BCUT2D eigenvalue weighted by Crippen LogP contribution is -2.37. The number of aromatic nitrogens is 6. The van der Waals surface area contributed by atoms with Crippen LogP contribution >= 0.6 is 0 Å². The summed E-state index contributed by atoms with van der Waals surface area (Å²) in [6.45, 7) is 3.22. The zero-order valence-corrected chi connectivity index (χ0v) is 16.6. The van der Waals surface area contributed by atoms with E-state index >= 15 is 0 Å². The third-order valence-electron chi connectivity index (χ3n) is 6.10. The maximum Gasteiger partial charge on any atom is 0.295 e. The molecule has 0 radical (unpaired) electrons. The molecule has 0 N–H and O–H groups in total. The van der Waals surface area contributed by atoms with E-state index < -0.39 is 0 Å². The second-order valence-electron chi connectivity index (χ2n) is 8.30. The molecular formula is C20H25N7O2. The maximum atomic E-state index is 12.2. The minimum Gasteiger partial charge on any atom is -0.314 e. The first-order valence-electron chi connectivity index (χ1n) is 10.3. The van der Waals surface area contributed by atoms with Crippen LogP contribution in [-0.4, -0.2) is 46.9 Å². The van der Waals surface area contributed by atoms with Crippen molar-refractivity contribution in [3.8, 4) is 0 Å². The molecule has 1 aliphatic heterocycles. The lowest BCUT2D eigenvalue weighted by molar-refractivity contribution is 0.160.